The maximum absolute atomic E-state index is 11.4. The lowest BCUT2D eigenvalue weighted by Gasteiger charge is -2.26. The lowest BCUT2D eigenvalue weighted by molar-refractivity contribution is -0.137. The topological polar surface area (TPSA) is 95.9 Å². The maximum Gasteiger partial charge on any atom is 0.319 e. The first-order chi connectivity index (χ1) is 7.35. The highest BCUT2D eigenvalue weighted by Crippen LogP contribution is 2.19. The van der Waals surface area contributed by atoms with Gasteiger partial charge < -0.3 is 19.7 Å². The monoisotopic (exact) mass is 251 g/mol. The minimum Gasteiger partial charge on any atom is -0.396 e. The zero-order chi connectivity index (χ0) is 12.8. The first kappa shape index (κ1) is 15.2. The summed E-state index contributed by atoms with van der Waals surface area (Å²) in [7, 11) is 0. The van der Waals surface area contributed by atoms with E-state index in [1.54, 1.807) is 13.8 Å². The number of carbonyl (C=O) groups is 2. The zero-order valence-electron chi connectivity index (χ0n) is 9.27. The smallest absolute Gasteiger partial charge is 0.319 e. The summed E-state index contributed by atoms with van der Waals surface area (Å²) < 4.78 is 4.08. The van der Waals surface area contributed by atoms with E-state index in [-0.39, 0.29) is 19.6 Å². The molecule has 7 heteroatoms. The number of hydrogen-bond acceptors (Lipinski definition) is 6. The average molecular weight is 251 g/mol. The third kappa shape index (κ3) is 4.82. The van der Waals surface area contributed by atoms with Gasteiger partial charge in [-0.2, -0.15) is 0 Å². The van der Waals surface area contributed by atoms with E-state index in [0.717, 1.165) is 0 Å². The SMILES string of the molecule is CC(C)(CO)[C@@H](O)C(=O)NCCC(=O)OS. The fourth-order valence-corrected chi connectivity index (χ4v) is 0.963. The second-order valence-electron chi connectivity index (χ2n) is 4.05. The van der Waals surface area contributed by atoms with E-state index in [4.69, 9.17) is 5.11 Å². The van der Waals surface area contributed by atoms with Crippen LogP contribution in [0.3, 0.4) is 0 Å². The fourth-order valence-electron chi connectivity index (χ4n) is 0.871. The Morgan fingerprint density at radius 2 is 2.06 bits per heavy atom. The molecule has 16 heavy (non-hydrogen) atoms. The highest BCUT2D eigenvalue weighted by molar-refractivity contribution is 7.75. The van der Waals surface area contributed by atoms with Gasteiger partial charge in [0.2, 0.25) is 5.91 Å². The van der Waals surface area contributed by atoms with Gasteiger partial charge in [-0.25, -0.2) is 0 Å². The van der Waals surface area contributed by atoms with Gasteiger partial charge in [0.1, 0.15) is 6.10 Å². The van der Waals surface area contributed by atoms with Gasteiger partial charge in [0.05, 0.1) is 13.0 Å². The Morgan fingerprint density at radius 3 is 2.50 bits per heavy atom. The van der Waals surface area contributed by atoms with E-state index in [9.17, 15) is 14.7 Å². The average Bonchev–Trinajstić information content (AvgIpc) is 2.27. The van der Waals surface area contributed by atoms with Crippen molar-refractivity contribution in [1.82, 2.24) is 5.32 Å². The molecule has 6 nitrogen and oxygen atoms in total. The van der Waals surface area contributed by atoms with Gasteiger partial charge >= 0.3 is 5.97 Å². The quantitative estimate of drug-likeness (QED) is 0.368. The number of amides is 1. The van der Waals surface area contributed by atoms with Crippen LogP contribution >= 0.6 is 12.9 Å². The highest BCUT2D eigenvalue weighted by Gasteiger charge is 2.32. The van der Waals surface area contributed by atoms with Crippen LogP contribution in [0.15, 0.2) is 0 Å². The van der Waals surface area contributed by atoms with Gasteiger partial charge in [-0.3, -0.25) is 9.59 Å². The van der Waals surface area contributed by atoms with Crippen LogP contribution in [0.4, 0.5) is 0 Å². The van der Waals surface area contributed by atoms with Crippen LogP contribution in [-0.4, -0.2) is 41.3 Å². The van der Waals surface area contributed by atoms with E-state index >= 15 is 0 Å². The molecular formula is C9H17NO5S. The van der Waals surface area contributed by atoms with Crippen LogP contribution in [0.2, 0.25) is 0 Å². The largest absolute Gasteiger partial charge is 0.396 e. The molecule has 0 aromatic rings. The van der Waals surface area contributed by atoms with Crippen molar-refractivity contribution in [3.8, 4) is 0 Å². The van der Waals surface area contributed by atoms with E-state index in [2.05, 4.69) is 22.4 Å². The van der Waals surface area contributed by atoms with Gasteiger partial charge in [0, 0.05) is 24.9 Å². The van der Waals surface area contributed by atoms with Gasteiger partial charge in [-0.1, -0.05) is 13.8 Å². The molecular weight excluding hydrogens is 234 g/mol. The van der Waals surface area contributed by atoms with Crippen molar-refractivity contribution in [2.75, 3.05) is 13.2 Å². The minimum absolute atomic E-state index is 0.0263. The highest BCUT2D eigenvalue weighted by atomic mass is 32.1. The second kappa shape index (κ2) is 6.72. The Morgan fingerprint density at radius 1 is 1.50 bits per heavy atom. The molecule has 0 saturated carbocycles. The molecule has 94 valence electrons. The van der Waals surface area contributed by atoms with Crippen LogP contribution in [0.5, 0.6) is 0 Å². The summed E-state index contributed by atoms with van der Waals surface area (Å²) >= 11 is 3.30. The summed E-state index contributed by atoms with van der Waals surface area (Å²) in [4.78, 5) is 22.0. The molecule has 1 amide bonds. The number of thiol groups is 1. The van der Waals surface area contributed by atoms with Gasteiger partial charge in [-0.15, -0.1) is 0 Å². The van der Waals surface area contributed by atoms with E-state index < -0.39 is 23.4 Å². The number of rotatable bonds is 6. The number of aliphatic hydroxyl groups is 2. The molecule has 0 saturated heterocycles. The predicted octanol–water partition coefficient (Wildman–Crippen LogP) is -0.740. The molecule has 0 aromatic heterocycles. The first-order valence-electron chi connectivity index (χ1n) is 4.76. The summed E-state index contributed by atoms with van der Waals surface area (Å²) in [5.41, 5.74) is -0.922. The number of carbonyl (C=O) groups excluding carboxylic acids is 2. The zero-order valence-corrected chi connectivity index (χ0v) is 10.2. The summed E-state index contributed by atoms with van der Waals surface area (Å²) in [6, 6.07) is 0. The first-order valence-corrected chi connectivity index (χ1v) is 5.12. The maximum atomic E-state index is 11.4. The third-order valence-electron chi connectivity index (χ3n) is 2.13. The van der Waals surface area contributed by atoms with E-state index in [0.29, 0.717) is 0 Å². The molecule has 0 heterocycles. The minimum atomic E-state index is -1.33. The molecule has 0 aromatic carbocycles. The van der Waals surface area contributed by atoms with Crippen LogP contribution in [-0.2, 0) is 13.8 Å². The Kier molecular flexibility index (Phi) is 6.39. The molecule has 0 radical (unpaired) electrons. The third-order valence-corrected chi connectivity index (χ3v) is 2.33. The van der Waals surface area contributed by atoms with Crippen molar-refractivity contribution < 1.29 is 24.0 Å². The Balaban J connectivity index is 4.03. The van der Waals surface area contributed by atoms with Crippen molar-refractivity contribution in [3.63, 3.8) is 0 Å². The molecule has 0 aliphatic carbocycles. The van der Waals surface area contributed by atoms with Crippen molar-refractivity contribution in [1.29, 1.82) is 0 Å². The van der Waals surface area contributed by atoms with Crippen molar-refractivity contribution in [2.45, 2.75) is 26.4 Å². The fraction of sp³-hybridized carbons (Fsp3) is 0.778. The molecule has 0 aliphatic rings. The van der Waals surface area contributed by atoms with Crippen LogP contribution in [0.1, 0.15) is 20.3 Å². The Hall–Kier alpha value is -0.790. The number of hydrogen-bond donors (Lipinski definition) is 4. The second-order valence-corrected chi connectivity index (χ2v) is 4.24. The van der Waals surface area contributed by atoms with Crippen molar-refractivity contribution >= 4 is 24.8 Å². The van der Waals surface area contributed by atoms with Crippen molar-refractivity contribution in [2.24, 2.45) is 5.41 Å². The molecule has 3 N–H and O–H groups in total. The standard InChI is InChI=1S/C9H17NO5S/c1-9(2,5-11)7(13)8(14)10-4-3-6(12)15-16/h7,11,13,16H,3-5H2,1-2H3,(H,10,14)/t7-/m0/s1. The summed E-state index contributed by atoms with van der Waals surface area (Å²) in [5.74, 6) is -1.20. The lowest BCUT2D eigenvalue weighted by atomic mass is 9.87. The molecule has 0 fully saturated rings. The lowest BCUT2D eigenvalue weighted by Crippen LogP contribution is -2.46. The predicted molar refractivity (Wildman–Crippen MR) is 59.6 cm³/mol. The van der Waals surface area contributed by atoms with Crippen molar-refractivity contribution in [3.05, 3.63) is 0 Å². The molecule has 0 unspecified atom stereocenters. The summed E-state index contributed by atoms with van der Waals surface area (Å²) in [6.45, 7) is 2.84. The normalized spacial score (nSPS) is 13.1. The Bertz CT molecular complexity index is 256. The number of aliphatic hydroxyl groups excluding tert-OH is 2. The summed E-state index contributed by atoms with van der Waals surface area (Å²) in [5, 5.41) is 20.9. The molecule has 0 bridgehead atoms. The Labute approximate surface area is 99.6 Å². The van der Waals surface area contributed by atoms with Gasteiger partial charge in [0.25, 0.3) is 0 Å². The number of nitrogens with one attached hydrogen (secondary N) is 1. The van der Waals surface area contributed by atoms with E-state index in [1.807, 2.05) is 0 Å². The van der Waals surface area contributed by atoms with Gasteiger partial charge in [0.15, 0.2) is 0 Å². The van der Waals surface area contributed by atoms with Gasteiger partial charge in [-0.05, 0) is 0 Å². The molecule has 0 rings (SSSR count). The van der Waals surface area contributed by atoms with E-state index in [1.165, 1.54) is 0 Å². The van der Waals surface area contributed by atoms with Crippen LogP contribution < -0.4 is 5.32 Å². The molecule has 1 atom stereocenters. The molecule has 0 spiro atoms. The molecule has 0 aliphatic heterocycles. The van der Waals surface area contributed by atoms with Crippen LogP contribution in [0.25, 0.3) is 0 Å². The van der Waals surface area contributed by atoms with Crippen LogP contribution in [0, 0.1) is 5.41 Å². The summed E-state index contributed by atoms with van der Waals surface area (Å²) in [6.07, 6.45) is -1.36.